The predicted molar refractivity (Wildman–Crippen MR) is 98.5 cm³/mol. The maximum Gasteiger partial charge on any atom is 0.407 e. The Balaban J connectivity index is 1.84. The number of aromatic carboxylic acids is 1. The molecule has 3 aromatic rings. The van der Waals surface area contributed by atoms with Crippen molar-refractivity contribution in [2.24, 2.45) is 0 Å². The molecule has 0 spiro atoms. The largest absolute Gasteiger partial charge is 0.476 e. The van der Waals surface area contributed by atoms with E-state index in [4.69, 9.17) is 4.74 Å². The first-order chi connectivity index (χ1) is 12.7. The number of nitrogens with one attached hydrogen (secondary N) is 1. The van der Waals surface area contributed by atoms with Crippen molar-refractivity contribution < 1.29 is 19.4 Å². The van der Waals surface area contributed by atoms with Gasteiger partial charge in [-0.3, -0.25) is 0 Å². The molecule has 2 heterocycles. The lowest BCUT2D eigenvalue weighted by molar-refractivity contribution is 0.0523. The van der Waals surface area contributed by atoms with Crippen LogP contribution in [0.4, 0.5) is 4.79 Å². The first-order valence-electron chi connectivity index (χ1n) is 8.38. The molecule has 1 amide bonds. The van der Waals surface area contributed by atoms with Gasteiger partial charge in [-0.05, 0) is 44.5 Å². The molecule has 0 atom stereocenters. The molecule has 0 unspecified atom stereocenters. The van der Waals surface area contributed by atoms with Crippen LogP contribution >= 0.6 is 0 Å². The third-order valence-electron chi connectivity index (χ3n) is 3.61. The van der Waals surface area contributed by atoms with E-state index in [9.17, 15) is 14.7 Å². The minimum absolute atomic E-state index is 0.0673. The van der Waals surface area contributed by atoms with E-state index in [1.54, 1.807) is 57.3 Å². The predicted octanol–water partition coefficient (Wildman–Crippen LogP) is 3.12. The molecule has 140 valence electrons. The van der Waals surface area contributed by atoms with Gasteiger partial charge in [-0.1, -0.05) is 18.2 Å². The topological polar surface area (TPSA) is 106 Å². The third-order valence-corrected chi connectivity index (χ3v) is 3.61. The summed E-state index contributed by atoms with van der Waals surface area (Å²) in [6, 6.07) is 10.6. The smallest absolute Gasteiger partial charge is 0.407 e. The number of hydrogen-bond donors (Lipinski definition) is 2. The van der Waals surface area contributed by atoms with Gasteiger partial charge in [0.1, 0.15) is 5.60 Å². The summed E-state index contributed by atoms with van der Waals surface area (Å²) in [7, 11) is 0. The number of rotatable bonds is 4. The Bertz CT molecular complexity index is 1000. The molecule has 1 aromatic carbocycles. The maximum atomic E-state index is 11.8. The Hall–Kier alpha value is -3.42. The SMILES string of the molecule is CC(C)(C)OC(=O)NCc1cccc(-c2nc(C(=O)O)c3cccn3n2)c1. The monoisotopic (exact) mass is 368 g/mol. The molecule has 2 N–H and O–H groups in total. The number of aromatic nitrogens is 3. The molecule has 0 radical (unpaired) electrons. The van der Waals surface area contributed by atoms with E-state index >= 15 is 0 Å². The molecular formula is C19H20N4O4. The van der Waals surface area contributed by atoms with Crippen LogP contribution in [0.1, 0.15) is 36.8 Å². The zero-order valence-corrected chi connectivity index (χ0v) is 15.3. The highest BCUT2D eigenvalue weighted by molar-refractivity contribution is 5.93. The highest BCUT2D eigenvalue weighted by atomic mass is 16.6. The highest BCUT2D eigenvalue weighted by Crippen LogP contribution is 2.19. The number of carboxylic acids is 1. The van der Waals surface area contributed by atoms with Gasteiger partial charge in [0.25, 0.3) is 0 Å². The zero-order valence-electron chi connectivity index (χ0n) is 15.3. The van der Waals surface area contributed by atoms with E-state index in [0.29, 0.717) is 11.1 Å². The van der Waals surface area contributed by atoms with Crippen LogP contribution in [0, 0.1) is 0 Å². The summed E-state index contributed by atoms with van der Waals surface area (Å²) in [5.74, 6) is -0.833. The maximum absolute atomic E-state index is 11.8. The molecule has 0 aliphatic heterocycles. The van der Waals surface area contributed by atoms with Crippen molar-refractivity contribution in [3.63, 3.8) is 0 Å². The molecule has 2 aromatic heterocycles. The third kappa shape index (κ3) is 4.41. The van der Waals surface area contributed by atoms with E-state index in [-0.39, 0.29) is 18.1 Å². The summed E-state index contributed by atoms with van der Waals surface area (Å²) < 4.78 is 6.70. The minimum atomic E-state index is -1.12. The Morgan fingerprint density at radius 1 is 1.22 bits per heavy atom. The van der Waals surface area contributed by atoms with E-state index in [0.717, 1.165) is 5.56 Å². The molecule has 0 bridgehead atoms. The van der Waals surface area contributed by atoms with Crippen molar-refractivity contribution in [1.29, 1.82) is 0 Å². The van der Waals surface area contributed by atoms with Crippen LogP contribution in [-0.4, -0.2) is 37.4 Å². The minimum Gasteiger partial charge on any atom is -0.476 e. The van der Waals surface area contributed by atoms with Gasteiger partial charge in [0.15, 0.2) is 11.5 Å². The molecule has 0 fully saturated rings. The van der Waals surface area contributed by atoms with Gasteiger partial charge in [0.2, 0.25) is 0 Å². The van der Waals surface area contributed by atoms with Crippen LogP contribution in [0.15, 0.2) is 42.6 Å². The lowest BCUT2D eigenvalue weighted by atomic mass is 10.1. The number of alkyl carbamates (subject to hydrolysis) is 1. The van der Waals surface area contributed by atoms with E-state index in [1.165, 1.54) is 4.52 Å². The second-order valence-corrected chi connectivity index (χ2v) is 6.98. The molecule has 0 saturated carbocycles. The number of carboxylic acid groups (broad SMARTS) is 1. The average molecular weight is 368 g/mol. The fraction of sp³-hybridized carbons (Fsp3) is 0.263. The van der Waals surface area contributed by atoms with Crippen LogP contribution in [0.25, 0.3) is 16.9 Å². The Labute approximate surface area is 155 Å². The fourth-order valence-electron chi connectivity index (χ4n) is 2.52. The van der Waals surface area contributed by atoms with Crippen molar-refractivity contribution in [1.82, 2.24) is 19.9 Å². The normalized spacial score (nSPS) is 11.4. The van der Waals surface area contributed by atoms with Gasteiger partial charge in [0.05, 0.1) is 5.52 Å². The van der Waals surface area contributed by atoms with Crippen molar-refractivity contribution in [3.05, 3.63) is 53.9 Å². The van der Waals surface area contributed by atoms with E-state index < -0.39 is 17.7 Å². The van der Waals surface area contributed by atoms with Gasteiger partial charge in [0, 0.05) is 18.3 Å². The summed E-state index contributed by atoms with van der Waals surface area (Å²) in [5, 5.41) is 16.5. The average Bonchev–Trinajstić information content (AvgIpc) is 3.06. The number of fused-ring (bicyclic) bond motifs is 1. The van der Waals surface area contributed by atoms with E-state index in [1.807, 2.05) is 6.07 Å². The lowest BCUT2D eigenvalue weighted by Crippen LogP contribution is -2.32. The zero-order chi connectivity index (χ0) is 19.6. The highest BCUT2D eigenvalue weighted by Gasteiger charge is 2.17. The molecule has 8 heteroatoms. The second-order valence-electron chi connectivity index (χ2n) is 6.98. The summed E-state index contributed by atoms with van der Waals surface area (Å²) in [6.45, 7) is 5.65. The summed E-state index contributed by atoms with van der Waals surface area (Å²) in [6.07, 6.45) is 1.16. The van der Waals surface area contributed by atoms with Crippen LogP contribution in [0.5, 0.6) is 0 Å². The standard InChI is InChI=1S/C19H20N4O4/c1-19(2,3)27-18(26)20-11-12-6-4-7-13(10-12)16-21-15(17(24)25)14-8-5-9-23(14)22-16/h4-10H,11H2,1-3H3,(H,20,26)(H,24,25). The number of carbonyl (C=O) groups is 2. The van der Waals surface area contributed by atoms with Gasteiger partial charge < -0.3 is 15.2 Å². The quantitative estimate of drug-likeness (QED) is 0.733. The summed E-state index contributed by atoms with van der Waals surface area (Å²) in [4.78, 5) is 27.5. The fourth-order valence-corrected chi connectivity index (χ4v) is 2.52. The summed E-state index contributed by atoms with van der Waals surface area (Å²) in [5.41, 5.74) is 1.25. The number of amides is 1. The van der Waals surface area contributed by atoms with Crippen LogP contribution in [0.3, 0.4) is 0 Å². The van der Waals surface area contributed by atoms with Crippen LogP contribution in [-0.2, 0) is 11.3 Å². The van der Waals surface area contributed by atoms with Gasteiger partial charge in [-0.25, -0.2) is 19.1 Å². The molecular weight excluding hydrogens is 348 g/mol. The molecule has 8 nitrogen and oxygen atoms in total. The number of nitrogens with zero attached hydrogens (tertiary/aromatic N) is 3. The molecule has 3 rings (SSSR count). The Morgan fingerprint density at radius 2 is 2.00 bits per heavy atom. The van der Waals surface area contributed by atoms with Crippen LogP contribution < -0.4 is 5.32 Å². The van der Waals surface area contributed by atoms with Crippen molar-refractivity contribution in [2.45, 2.75) is 32.9 Å². The molecule has 27 heavy (non-hydrogen) atoms. The first kappa shape index (κ1) is 18.4. The second kappa shape index (κ2) is 7.06. The lowest BCUT2D eigenvalue weighted by Gasteiger charge is -2.19. The molecule has 0 aliphatic rings. The number of benzene rings is 1. The number of ether oxygens (including phenoxy) is 1. The van der Waals surface area contributed by atoms with Gasteiger partial charge >= 0.3 is 12.1 Å². The Kier molecular flexibility index (Phi) is 4.81. The van der Waals surface area contributed by atoms with Crippen molar-refractivity contribution in [2.75, 3.05) is 0 Å². The molecule has 0 saturated heterocycles. The Morgan fingerprint density at radius 3 is 2.70 bits per heavy atom. The van der Waals surface area contributed by atoms with Crippen molar-refractivity contribution >= 4 is 17.6 Å². The van der Waals surface area contributed by atoms with Gasteiger partial charge in [-0.2, -0.15) is 0 Å². The number of hydrogen-bond acceptors (Lipinski definition) is 5. The number of carbonyl (C=O) groups excluding carboxylic acids is 1. The molecule has 0 aliphatic carbocycles. The first-order valence-corrected chi connectivity index (χ1v) is 8.38. The van der Waals surface area contributed by atoms with Gasteiger partial charge in [-0.15, -0.1) is 5.10 Å². The van der Waals surface area contributed by atoms with Crippen LogP contribution in [0.2, 0.25) is 0 Å². The van der Waals surface area contributed by atoms with E-state index in [2.05, 4.69) is 15.4 Å². The van der Waals surface area contributed by atoms with Crippen molar-refractivity contribution in [3.8, 4) is 11.4 Å². The summed E-state index contributed by atoms with van der Waals surface area (Å²) >= 11 is 0.